The molecule has 150 valence electrons. The minimum absolute atomic E-state index is 0.00409. The molecule has 0 atom stereocenters. The molecular formula is C20H16Cl2N2O4S. The van der Waals surface area contributed by atoms with E-state index in [1.165, 1.54) is 41.1 Å². The number of ketones is 1. The van der Waals surface area contributed by atoms with Crippen LogP contribution in [0.3, 0.4) is 0 Å². The molecule has 29 heavy (non-hydrogen) atoms. The lowest BCUT2D eigenvalue weighted by atomic mass is 10.0. The first kappa shape index (κ1) is 21.1. The van der Waals surface area contributed by atoms with Crippen LogP contribution in [0.25, 0.3) is 0 Å². The highest BCUT2D eigenvalue weighted by atomic mass is 35.5. The molecule has 0 aliphatic carbocycles. The van der Waals surface area contributed by atoms with Gasteiger partial charge in [0.1, 0.15) is 10.5 Å². The van der Waals surface area contributed by atoms with Crippen LogP contribution in [0.5, 0.6) is 5.88 Å². The standard InChI is InChI=1S/C20H16Cl2N2O4S/c1-3-11-24-20(28-29(26,27)15-7-5-4-6-8-15)18(13(2)23-24)19(25)16-10-9-14(21)12-17(16)22/h3-10,12H,1,11H2,2H3. The van der Waals surface area contributed by atoms with Gasteiger partial charge in [0.2, 0.25) is 11.7 Å². The summed E-state index contributed by atoms with van der Waals surface area (Å²) in [6.45, 7) is 5.35. The maximum atomic E-state index is 13.2. The third kappa shape index (κ3) is 4.37. The van der Waals surface area contributed by atoms with Gasteiger partial charge in [-0.1, -0.05) is 47.5 Å². The summed E-state index contributed by atoms with van der Waals surface area (Å²) in [6, 6.07) is 12.0. The van der Waals surface area contributed by atoms with Crippen molar-refractivity contribution in [3.63, 3.8) is 0 Å². The monoisotopic (exact) mass is 450 g/mol. The Morgan fingerprint density at radius 3 is 2.52 bits per heavy atom. The molecule has 0 saturated carbocycles. The molecule has 3 rings (SSSR count). The van der Waals surface area contributed by atoms with E-state index in [1.807, 2.05) is 0 Å². The van der Waals surface area contributed by atoms with Crippen molar-refractivity contribution in [3.8, 4) is 5.88 Å². The van der Waals surface area contributed by atoms with Crippen molar-refractivity contribution in [2.75, 3.05) is 0 Å². The number of aryl methyl sites for hydroxylation is 1. The van der Waals surface area contributed by atoms with E-state index in [0.717, 1.165) is 0 Å². The van der Waals surface area contributed by atoms with Crippen molar-refractivity contribution in [3.05, 3.63) is 88.1 Å². The van der Waals surface area contributed by atoms with Gasteiger partial charge in [-0.3, -0.25) is 4.79 Å². The second kappa shape index (κ2) is 8.41. The molecule has 0 bridgehead atoms. The molecule has 6 nitrogen and oxygen atoms in total. The minimum Gasteiger partial charge on any atom is -0.358 e. The second-order valence-electron chi connectivity index (χ2n) is 6.04. The molecule has 1 heterocycles. The summed E-state index contributed by atoms with van der Waals surface area (Å²) in [6.07, 6.45) is 1.51. The Bertz CT molecular complexity index is 1190. The number of benzene rings is 2. The zero-order valence-electron chi connectivity index (χ0n) is 15.3. The SMILES string of the molecule is C=CCn1nc(C)c(C(=O)c2ccc(Cl)cc2Cl)c1OS(=O)(=O)c1ccccc1. The van der Waals surface area contributed by atoms with Crippen LogP contribution in [-0.4, -0.2) is 24.0 Å². The molecular weight excluding hydrogens is 435 g/mol. The number of carbonyl (C=O) groups is 1. The minimum atomic E-state index is -4.20. The zero-order chi connectivity index (χ0) is 21.2. The normalized spacial score (nSPS) is 11.3. The van der Waals surface area contributed by atoms with E-state index in [-0.39, 0.29) is 33.5 Å². The Labute approximate surface area is 178 Å². The molecule has 3 aromatic rings. The maximum Gasteiger partial charge on any atom is 0.340 e. The lowest BCUT2D eigenvalue weighted by Gasteiger charge is -2.11. The van der Waals surface area contributed by atoms with Crippen molar-refractivity contribution in [1.82, 2.24) is 9.78 Å². The average molecular weight is 451 g/mol. The van der Waals surface area contributed by atoms with Crippen LogP contribution in [-0.2, 0) is 16.7 Å². The number of halogens is 2. The van der Waals surface area contributed by atoms with E-state index in [2.05, 4.69) is 11.7 Å². The lowest BCUT2D eigenvalue weighted by molar-refractivity contribution is 0.103. The van der Waals surface area contributed by atoms with Crippen LogP contribution in [0.4, 0.5) is 0 Å². The molecule has 9 heteroatoms. The summed E-state index contributed by atoms with van der Waals surface area (Å²) in [4.78, 5) is 13.1. The summed E-state index contributed by atoms with van der Waals surface area (Å²) in [5, 5.41) is 4.74. The van der Waals surface area contributed by atoms with Gasteiger partial charge in [0.05, 0.1) is 17.3 Å². The van der Waals surface area contributed by atoms with E-state index >= 15 is 0 Å². The zero-order valence-corrected chi connectivity index (χ0v) is 17.6. The van der Waals surface area contributed by atoms with E-state index in [9.17, 15) is 13.2 Å². The van der Waals surface area contributed by atoms with Crippen molar-refractivity contribution in [2.45, 2.75) is 18.4 Å². The second-order valence-corrected chi connectivity index (χ2v) is 8.43. The van der Waals surface area contributed by atoms with Gasteiger partial charge in [0.25, 0.3) is 0 Å². The van der Waals surface area contributed by atoms with Crippen LogP contribution in [0.15, 0.2) is 66.1 Å². The number of allylic oxidation sites excluding steroid dienone is 1. The molecule has 0 aliphatic rings. The van der Waals surface area contributed by atoms with Gasteiger partial charge in [-0.25, -0.2) is 4.68 Å². The summed E-state index contributed by atoms with van der Waals surface area (Å²) in [5.41, 5.74) is 0.441. The third-order valence-corrected chi connectivity index (χ3v) is 5.78. The van der Waals surface area contributed by atoms with Crippen molar-refractivity contribution >= 4 is 39.1 Å². The van der Waals surface area contributed by atoms with Gasteiger partial charge in [-0.2, -0.15) is 13.5 Å². The van der Waals surface area contributed by atoms with Crippen LogP contribution < -0.4 is 4.18 Å². The highest BCUT2D eigenvalue weighted by Gasteiger charge is 2.29. The number of aromatic nitrogens is 2. The summed E-state index contributed by atoms with van der Waals surface area (Å²) >= 11 is 12.1. The number of rotatable bonds is 7. The van der Waals surface area contributed by atoms with E-state index in [1.54, 1.807) is 25.1 Å². The molecule has 0 unspecified atom stereocenters. The molecule has 0 amide bonds. The number of hydrogen-bond donors (Lipinski definition) is 0. The van der Waals surface area contributed by atoms with Gasteiger partial charge < -0.3 is 4.18 Å². The maximum absolute atomic E-state index is 13.2. The number of hydrogen-bond acceptors (Lipinski definition) is 5. The number of nitrogens with zero attached hydrogens (tertiary/aromatic N) is 2. The van der Waals surface area contributed by atoms with Crippen molar-refractivity contribution in [1.29, 1.82) is 0 Å². The molecule has 0 aliphatic heterocycles. The topological polar surface area (TPSA) is 78.3 Å². The Balaban J connectivity index is 2.13. The van der Waals surface area contributed by atoms with Crippen LogP contribution in [0.2, 0.25) is 10.0 Å². The Hall–Kier alpha value is -2.61. The lowest BCUT2D eigenvalue weighted by Crippen LogP contribution is -2.15. The Morgan fingerprint density at radius 2 is 1.90 bits per heavy atom. The highest BCUT2D eigenvalue weighted by Crippen LogP contribution is 2.31. The van der Waals surface area contributed by atoms with Crippen LogP contribution in [0, 0.1) is 6.92 Å². The molecule has 2 aromatic carbocycles. The van der Waals surface area contributed by atoms with Gasteiger partial charge in [0, 0.05) is 10.6 Å². The predicted molar refractivity (Wildman–Crippen MR) is 111 cm³/mol. The summed E-state index contributed by atoms with van der Waals surface area (Å²) in [7, 11) is -4.20. The van der Waals surface area contributed by atoms with Gasteiger partial charge >= 0.3 is 10.1 Å². The molecule has 0 radical (unpaired) electrons. The molecule has 0 fully saturated rings. The molecule has 0 saturated heterocycles. The van der Waals surface area contributed by atoms with E-state index < -0.39 is 15.9 Å². The fourth-order valence-corrected chi connectivity index (χ4v) is 4.16. The van der Waals surface area contributed by atoms with E-state index in [4.69, 9.17) is 27.4 Å². The van der Waals surface area contributed by atoms with Gasteiger partial charge in [-0.05, 0) is 37.3 Å². The molecule has 0 spiro atoms. The third-order valence-electron chi connectivity index (χ3n) is 4.01. The Kier molecular flexibility index (Phi) is 6.12. The first-order valence-electron chi connectivity index (χ1n) is 8.42. The van der Waals surface area contributed by atoms with E-state index in [0.29, 0.717) is 10.7 Å². The summed E-state index contributed by atoms with van der Waals surface area (Å²) in [5.74, 6) is -0.736. The van der Waals surface area contributed by atoms with Crippen molar-refractivity contribution < 1.29 is 17.4 Å². The number of carbonyl (C=O) groups excluding carboxylic acids is 1. The quantitative estimate of drug-likeness (QED) is 0.296. The smallest absolute Gasteiger partial charge is 0.340 e. The highest BCUT2D eigenvalue weighted by molar-refractivity contribution is 7.87. The predicted octanol–water partition coefficient (Wildman–Crippen LogP) is 4.68. The van der Waals surface area contributed by atoms with Gasteiger partial charge in [0.15, 0.2) is 0 Å². The largest absolute Gasteiger partial charge is 0.358 e. The van der Waals surface area contributed by atoms with Crippen molar-refractivity contribution in [2.24, 2.45) is 0 Å². The first-order valence-corrected chi connectivity index (χ1v) is 10.6. The van der Waals surface area contributed by atoms with Crippen LogP contribution >= 0.6 is 23.2 Å². The fraction of sp³-hybridized carbons (Fsp3) is 0.100. The summed E-state index contributed by atoms with van der Waals surface area (Å²) < 4.78 is 32.1. The average Bonchev–Trinajstić information content (AvgIpc) is 2.96. The molecule has 1 aromatic heterocycles. The fourth-order valence-electron chi connectivity index (χ4n) is 2.70. The van der Waals surface area contributed by atoms with Crippen LogP contribution in [0.1, 0.15) is 21.6 Å². The van der Waals surface area contributed by atoms with Gasteiger partial charge in [-0.15, -0.1) is 6.58 Å². The molecule has 0 N–H and O–H groups in total. The Morgan fingerprint density at radius 1 is 1.21 bits per heavy atom. The first-order chi connectivity index (χ1) is 13.7.